The number of anilines is 1. The molecule has 0 amide bonds. The van der Waals surface area contributed by atoms with E-state index >= 15 is 0 Å². The molecule has 0 spiro atoms. The number of nitrogens with one attached hydrogen (secondary N) is 1. The average Bonchev–Trinajstić information content (AvgIpc) is 2.41. The minimum absolute atomic E-state index is 0.234. The van der Waals surface area contributed by atoms with Crippen LogP contribution in [-0.4, -0.2) is 17.0 Å². The smallest absolute Gasteiger partial charge is 0.161 e. The molecule has 0 atom stereocenters. The first-order chi connectivity index (χ1) is 9.01. The third kappa shape index (κ3) is 2.89. The minimum Gasteiger partial charge on any atom is -0.373 e. The lowest BCUT2D eigenvalue weighted by Gasteiger charge is -2.10. The summed E-state index contributed by atoms with van der Waals surface area (Å²) in [6.45, 7) is 5.88. The number of benzene rings is 1. The molecule has 3 nitrogen and oxygen atoms in total. The lowest BCUT2D eigenvalue weighted by Crippen LogP contribution is -2.02. The van der Waals surface area contributed by atoms with Crippen molar-refractivity contribution in [1.29, 1.82) is 0 Å². The van der Waals surface area contributed by atoms with Crippen molar-refractivity contribution in [3.05, 3.63) is 41.3 Å². The van der Waals surface area contributed by atoms with Gasteiger partial charge in [0.05, 0.1) is 0 Å². The van der Waals surface area contributed by atoms with Crippen LogP contribution in [0.5, 0.6) is 0 Å². The molecule has 0 saturated heterocycles. The maximum absolute atomic E-state index is 13.6. The maximum atomic E-state index is 13.6. The Labute approximate surface area is 112 Å². The Kier molecular flexibility index (Phi) is 3.79. The summed E-state index contributed by atoms with van der Waals surface area (Å²) in [4.78, 5) is 8.89. The van der Waals surface area contributed by atoms with Crippen molar-refractivity contribution in [2.75, 3.05) is 12.4 Å². The van der Waals surface area contributed by atoms with E-state index in [0.717, 1.165) is 11.5 Å². The molecule has 0 aliphatic rings. The average molecular weight is 259 g/mol. The van der Waals surface area contributed by atoms with Crippen LogP contribution < -0.4 is 5.32 Å². The standard InChI is InChI=1S/C15H18FN3/c1-9(2)13-8-14(17-4)19-15(18-13)11-6-5-10(3)12(16)7-11/h5-9H,1-4H3,(H,17,18,19). The summed E-state index contributed by atoms with van der Waals surface area (Å²) < 4.78 is 13.6. The molecule has 0 unspecified atom stereocenters. The zero-order chi connectivity index (χ0) is 14.0. The predicted octanol–water partition coefficient (Wildman–Crippen LogP) is 3.76. The van der Waals surface area contributed by atoms with E-state index in [1.54, 1.807) is 13.0 Å². The zero-order valence-electron chi connectivity index (χ0n) is 11.7. The first kappa shape index (κ1) is 13.5. The molecule has 1 aromatic carbocycles. The number of hydrogen-bond acceptors (Lipinski definition) is 3. The molecule has 0 radical (unpaired) electrons. The van der Waals surface area contributed by atoms with Crippen molar-refractivity contribution < 1.29 is 4.39 Å². The summed E-state index contributed by atoms with van der Waals surface area (Å²) in [5, 5.41) is 3.01. The number of aryl methyl sites for hydroxylation is 1. The summed E-state index contributed by atoms with van der Waals surface area (Å²) in [6.07, 6.45) is 0. The fourth-order valence-corrected chi connectivity index (χ4v) is 1.75. The Morgan fingerprint density at radius 1 is 1.16 bits per heavy atom. The number of halogens is 1. The Morgan fingerprint density at radius 2 is 1.89 bits per heavy atom. The van der Waals surface area contributed by atoms with E-state index in [9.17, 15) is 4.39 Å². The third-order valence-electron chi connectivity index (χ3n) is 3.02. The molecule has 0 bridgehead atoms. The van der Waals surface area contributed by atoms with Crippen molar-refractivity contribution in [3.8, 4) is 11.4 Å². The number of aromatic nitrogens is 2. The van der Waals surface area contributed by atoms with Crippen LogP contribution in [0, 0.1) is 12.7 Å². The Hall–Kier alpha value is -1.97. The molecule has 4 heteroatoms. The molecular formula is C15H18FN3. The van der Waals surface area contributed by atoms with E-state index in [1.165, 1.54) is 6.07 Å². The summed E-state index contributed by atoms with van der Waals surface area (Å²) in [5.74, 6) is 1.36. The first-order valence-corrected chi connectivity index (χ1v) is 6.34. The molecule has 100 valence electrons. The van der Waals surface area contributed by atoms with Crippen LogP contribution in [0.2, 0.25) is 0 Å². The Bertz CT molecular complexity index is 594. The zero-order valence-corrected chi connectivity index (χ0v) is 11.7. The van der Waals surface area contributed by atoms with Gasteiger partial charge in [-0.05, 0) is 24.5 Å². The second kappa shape index (κ2) is 5.34. The molecular weight excluding hydrogens is 241 g/mol. The number of hydrogen-bond donors (Lipinski definition) is 1. The largest absolute Gasteiger partial charge is 0.373 e. The van der Waals surface area contributed by atoms with Crippen LogP contribution in [0.1, 0.15) is 31.0 Å². The van der Waals surface area contributed by atoms with Gasteiger partial charge in [0.2, 0.25) is 0 Å². The highest BCUT2D eigenvalue weighted by atomic mass is 19.1. The van der Waals surface area contributed by atoms with Gasteiger partial charge >= 0.3 is 0 Å². The van der Waals surface area contributed by atoms with Gasteiger partial charge in [-0.3, -0.25) is 0 Å². The van der Waals surface area contributed by atoms with E-state index in [1.807, 2.05) is 19.2 Å². The molecule has 2 rings (SSSR count). The Balaban J connectivity index is 2.54. The van der Waals surface area contributed by atoms with Gasteiger partial charge in [0.15, 0.2) is 5.82 Å². The maximum Gasteiger partial charge on any atom is 0.161 e. The van der Waals surface area contributed by atoms with Crippen LogP contribution in [0.3, 0.4) is 0 Å². The molecule has 2 aromatic rings. The summed E-state index contributed by atoms with van der Waals surface area (Å²) in [7, 11) is 1.81. The molecule has 1 aromatic heterocycles. The minimum atomic E-state index is -0.234. The van der Waals surface area contributed by atoms with Crippen LogP contribution in [0.25, 0.3) is 11.4 Å². The quantitative estimate of drug-likeness (QED) is 0.912. The lowest BCUT2D eigenvalue weighted by molar-refractivity contribution is 0.619. The monoisotopic (exact) mass is 259 g/mol. The second-order valence-electron chi connectivity index (χ2n) is 4.87. The lowest BCUT2D eigenvalue weighted by atomic mass is 10.1. The fourth-order valence-electron chi connectivity index (χ4n) is 1.75. The van der Waals surface area contributed by atoms with Crippen molar-refractivity contribution in [2.24, 2.45) is 0 Å². The van der Waals surface area contributed by atoms with Crippen LogP contribution in [0.4, 0.5) is 10.2 Å². The van der Waals surface area contributed by atoms with Gasteiger partial charge in [-0.2, -0.15) is 0 Å². The molecule has 0 aliphatic heterocycles. The highest BCUT2D eigenvalue weighted by Crippen LogP contribution is 2.23. The molecule has 0 saturated carbocycles. The van der Waals surface area contributed by atoms with Crippen LogP contribution >= 0.6 is 0 Å². The molecule has 0 fully saturated rings. The van der Waals surface area contributed by atoms with E-state index in [-0.39, 0.29) is 5.82 Å². The fraction of sp³-hybridized carbons (Fsp3) is 0.333. The van der Waals surface area contributed by atoms with Gasteiger partial charge in [0, 0.05) is 24.4 Å². The van der Waals surface area contributed by atoms with Gasteiger partial charge < -0.3 is 5.32 Å². The van der Waals surface area contributed by atoms with Gasteiger partial charge in [-0.15, -0.1) is 0 Å². The number of nitrogens with zero attached hydrogens (tertiary/aromatic N) is 2. The first-order valence-electron chi connectivity index (χ1n) is 6.34. The third-order valence-corrected chi connectivity index (χ3v) is 3.02. The van der Waals surface area contributed by atoms with Gasteiger partial charge in [-0.1, -0.05) is 26.0 Å². The number of rotatable bonds is 3. The van der Waals surface area contributed by atoms with Crippen LogP contribution in [0.15, 0.2) is 24.3 Å². The van der Waals surface area contributed by atoms with Gasteiger partial charge in [0.1, 0.15) is 11.6 Å². The van der Waals surface area contributed by atoms with Crippen molar-refractivity contribution in [3.63, 3.8) is 0 Å². The van der Waals surface area contributed by atoms with E-state index in [2.05, 4.69) is 29.1 Å². The molecule has 0 aliphatic carbocycles. The van der Waals surface area contributed by atoms with Crippen molar-refractivity contribution in [2.45, 2.75) is 26.7 Å². The van der Waals surface area contributed by atoms with Gasteiger partial charge in [0.25, 0.3) is 0 Å². The molecule has 1 N–H and O–H groups in total. The SMILES string of the molecule is CNc1cc(C(C)C)nc(-c2ccc(C)c(F)c2)n1. The normalized spacial score (nSPS) is 10.8. The highest BCUT2D eigenvalue weighted by Gasteiger charge is 2.10. The predicted molar refractivity (Wildman–Crippen MR) is 75.8 cm³/mol. The van der Waals surface area contributed by atoms with Crippen LogP contribution in [-0.2, 0) is 0 Å². The molecule has 19 heavy (non-hydrogen) atoms. The Morgan fingerprint density at radius 3 is 2.47 bits per heavy atom. The molecule has 1 heterocycles. The highest BCUT2D eigenvalue weighted by molar-refractivity contribution is 5.58. The van der Waals surface area contributed by atoms with Crippen molar-refractivity contribution >= 4 is 5.82 Å². The van der Waals surface area contributed by atoms with Crippen molar-refractivity contribution in [1.82, 2.24) is 9.97 Å². The van der Waals surface area contributed by atoms with Gasteiger partial charge in [-0.25, -0.2) is 14.4 Å². The van der Waals surface area contributed by atoms with E-state index in [0.29, 0.717) is 22.9 Å². The summed E-state index contributed by atoms with van der Waals surface area (Å²) in [6, 6.07) is 6.99. The summed E-state index contributed by atoms with van der Waals surface area (Å²) >= 11 is 0. The summed E-state index contributed by atoms with van der Waals surface area (Å²) in [5.41, 5.74) is 2.26. The topological polar surface area (TPSA) is 37.8 Å². The van der Waals surface area contributed by atoms with E-state index < -0.39 is 0 Å². The van der Waals surface area contributed by atoms with E-state index in [4.69, 9.17) is 0 Å². The second-order valence-corrected chi connectivity index (χ2v) is 4.87.